The number of aromatic carboxylic acids is 1. The van der Waals surface area contributed by atoms with Crippen molar-refractivity contribution in [3.8, 4) is 22.9 Å². The lowest BCUT2D eigenvalue weighted by Crippen LogP contribution is -2.30. The molecule has 0 aliphatic rings. The minimum atomic E-state index is -3.30. The van der Waals surface area contributed by atoms with Crippen LogP contribution in [-0.4, -0.2) is 28.5 Å². The highest BCUT2D eigenvalue weighted by molar-refractivity contribution is 6.31. The van der Waals surface area contributed by atoms with Gasteiger partial charge in [0.25, 0.3) is 5.56 Å². The predicted octanol–water partition coefficient (Wildman–Crippen LogP) is 4.51. The van der Waals surface area contributed by atoms with E-state index in [4.69, 9.17) is 28.3 Å². The van der Waals surface area contributed by atoms with Crippen molar-refractivity contribution in [3.63, 3.8) is 0 Å². The molecule has 0 radical (unpaired) electrons. The van der Waals surface area contributed by atoms with Gasteiger partial charge in [-0.3, -0.25) is 9.59 Å². The number of hydrogen-bond donors (Lipinski definition) is 1. The fourth-order valence-corrected chi connectivity index (χ4v) is 3.48. The van der Waals surface area contributed by atoms with Crippen LogP contribution in [0.2, 0.25) is 5.02 Å². The van der Waals surface area contributed by atoms with Gasteiger partial charge in [-0.2, -0.15) is 5.26 Å². The van der Waals surface area contributed by atoms with Crippen LogP contribution in [-0.2, 0) is 11.2 Å². The van der Waals surface area contributed by atoms with Gasteiger partial charge >= 0.3 is 5.97 Å². The fraction of sp³-hybridized carbons (Fsp3) is 0.200. The van der Waals surface area contributed by atoms with E-state index in [1.54, 1.807) is 0 Å². The number of nitriles is 1. The monoisotopic (exact) mass is 469 g/mol. The highest BCUT2D eigenvalue weighted by Gasteiger charge is 2.23. The summed E-state index contributed by atoms with van der Waals surface area (Å²) in [5.41, 5.74) is -0.109. The number of carbonyl (C=O) groups excluding carboxylic acids is 1. The number of ether oxygens (including phenoxy) is 1. The number of ketones is 1. The maximum absolute atomic E-state index is 13.4. The maximum Gasteiger partial charge on any atom is 0.335 e. The second-order valence-electron chi connectivity index (χ2n) is 6.99. The average Bonchev–Trinajstić information content (AvgIpc) is 2.84. The molecule has 1 atom stereocenters. The second-order valence-corrected chi connectivity index (χ2v) is 7.43. The van der Waals surface area contributed by atoms with Gasteiger partial charge in [-0.05, 0) is 42.3 Å². The molecule has 8 heteroatoms. The third-order valence-electron chi connectivity index (χ3n) is 4.96. The molecule has 0 aliphatic carbocycles. The van der Waals surface area contributed by atoms with E-state index >= 15 is 0 Å². The van der Waals surface area contributed by atoms with Gasteiger partial charge in [-0.15, -0.1) is 0 Å². The lowest BCUT2D eigenvalue weighted by atomic mass is 9.98. The van der Waals surface area contributed by atoms with Crippen molar-refractivity contribution in [1.29, 1.82) is 5.26 Å². The van der Waals surface area contributed by atoms with E-state index in [1.165, 1.54) is 49.6 Å². The van der Waals surface area contributed by atoms with Crippen molar-refractivity contribution < 1.29 is 26.3 Å². The highest BCUT2D eigenvalue weighted by atomic mass is 35.5. The van der Waals surface area contributed by atoms with E-state index in [2.05, 4.69) is 0 Å². The molecule has 0 saturated heterocycles. The number of nitrogens with zero attached hydrogens (tertiary/aromatic N) is 2. The molecule has 0 fully saturated rings. The zero-order valence-electron chi connectivity index (χ0n) is 22.3. The van der Waals surface area contributed by atoms with Crippen LogP contribution in [0.3, 0.4) is 0 Å². The number of pyridine rings is 1. The topological polar surface area (TPSA) is 109 Å². The van der Waals surface area contributed by atoms with Gasteiger partial charge in [0.2, 0.25) is 0 Å². The Bertz CT molecular complexity index is 1490. The minimum Gasteiger partial charge on any atom is -0.495 e. The Kier molecular flexibility index (Phi) is 5.43. The molecular weight excluding hydrogens is 444 g/mol. The zero-order chi connectivity index (χ0) is 28.4. The fourth-order valence-electron chi connectivity index (χ4n) is 3.31. The standard InChI is InChI=1S/C25H21ClN2O5/c1-3-21(22(29)10-15-4-6-16(7-5-15)25(31)32)28-14-23(33-2)20(12-24(28)30)19-11-18(26)9-8-17(19)13-27/h4-9,11-12,14,21H,3,10H2,1-2H3,(H,31,32)/i1D3,3D2. The number of methoxy groups -OCH3 is 1. The van der Waals surface area contributed by atoms with Crippen LogP contribution < -0.4 is 10.3 Å². The summed E-state index contributed by atoms with van der Waals surface area (Å²) < 4.78 is 45.9. The van der Waals surface area contributed by atoms with Crippen LogP contribution in [0.25, 0.3) is 11.1 Å². The van der Waals surface area contributed by atoms with Crippen molar-refractivity contribution in [2.24, 2.45) is 0 Å². The molecule has 0 bridgehead atoms. The molecule has 1 aromatic heterocycles. The molecule has 2 aromatic carbocycles. The Morgan fingerprint density at radius 3 is 2.58 bits per heavy atom. The SMILES string of the molecule is [2H]C([2H])([2H])C([2H])([2H])C(C(=O)Cc1ccc(C(=O)O)cc1)n1cc(OC)c(-c2cc(Cl)ccc2C#N)cc1=O. The summed E-state index contributed by atoms with van der Waals surface area (Å²) >= 11 is 6.07. The summed E-state index contributed by atoms with van der Waals surface area (Å²) in [5, 5.41) is 18.8. The first-order chi connectivity index (χ1) is 17.7. The molecule has 1 unspecified atom stereocenters. The van der Waals surface area contributed by atoms with Gasteiger partial charge in [0.1, 0.15) is 5.75 Å². The van der Waals surface area contributed by atoms with Gasteiger partial charge in [-0.1, -0.05) is 30.6 Å². The van der Waals surface area contributed by atoms with Crippen LogP contribution in [0.4, 0.5) is 0 Å². The van der Waals surface area contributed by atoms with Crippen LogP contribution in [0.1, 0.15) is 47.6 Å². The molecule has 168 valence electrons. The average molecular weight is 470 g/mol. The molecule has 1 N–H and O–H groups in total. The van der Waals surface area contributed by atoms with E-state index in [0.717, 1.165) is 12.3 Å². The van der Waals surface area contributed by atoms with Crippen LogP contribution in [0.15, 0.2) is 59.5 Å². The Balaban J connectivity index is 2.18. The van der Waals surface area contributed by atoms with Gasteiger partial charge in [0, 0.05) is 35.5 Å². The van der Waals surface area contributed by atoms with Crippen molar-refractivity contribution >= 4 is 23.4 Å². The molecule has 3 rings (SSSR count). The number of carboxylic acid groups (broad SMARTS) is 1. The molecule has 0 aliphatic heterocycles. The summed E-state index contributed by atoms with van der Waals surface area (Å²) in [7, 11) is 1.25. The summed E-state index contributed by atoms with van der Waals surface area (Å²) in [5.74, 6) is -2.16. The number of carboxylic acids is 1. The summed E-state index contributed by atoms with van der Waals surface area (Å²) in [6, 6.07) is 10.5. The molecule has 0 saturated carbocycles. The molecule has 0 amide bonds. The Hall–Kier alpha value is -3.89. The number of carbonyl (C=O) groups is 2. The molecular formula is C25H21ClN2O5. The molecule has 0 spiro atoms. The van der Waals surface area contributed by atoms with E-state index in [1.807, 2.05) is 6.07 Å². The van der Waals surface area contributed by atoms with Crippen molar-refractivity contribution in [1.82, 2.24) is 4.57 Å². The number of benzene rings is 2. The van der Waals surface area contributed by atoms with Gasteiger partial charge in [0.15, 0.2) is 5.78 Å². The molecule has 7 nitrogen and oxygen atoms in total. The molecule has 3 aromatic rings. The van der Waals surface area contributed by atoms with Crippen molar-refractivity contribution in [2.75, 3.05) is 7.11 Å². The van der Waals surface area contributed by atoms with Crippen LogP contribution in [0.5, 0.6) is 5.75 Å². The summed E-state index contributed by atoms with van der Waals surface area (Å²) in [6.07, 6.45) is -2.64. The zero-order valence-corrected chi connectivity index (χ0v) is 18.1. The van der Waals surface area contributed by atoms with Crippen LogP contribution >= 0.6 is 11.6 Å². The number of hydrogen-bond acceptors (Lipinski definition) is 5. The minimum absolute atomic E-state index is 0.0340. The summed E-state index contributed by atoms with van der Waals surface area (Å²) in [4.78, 5) is 37.8. The maximum atomic E-state index is 13.4. The lowest BCUT2D eigenvalue weighted by molar-refractivity contribution is -0.121. The van der Waals surface area contributed by atoms with E-state index in [9.17, 15) is 19.6 Å². The molecule has 33 heavy (non-hydrogen) atoms. The first-order valence-electron chi connectivity index (χ1n) is 12.1. The van der Waals surface area contributed by atoms with Gasteiger partial charge < -0.3 is 14.4 Å². The first-order valence-corrected chi connectivity index (χ1v) is 9.94. The highest BCUT2D eigenvalue weighted by Crippen LogP contribution is 2.33. The number of Topliss-reactive ketones (excluding diaryl/α,β-unsaturated/α-hetero) is 1. The van der Waals surface area contributed by atoms with E-state index < -0.39 is 43.0 Å². The van der Waals surface area contributed by atoms with E-state index in [-0.39, 0.29) is 33.0 Å². The first kappa shape index (κ1) is 17.6. The van der Waals surface area contributed by atoms with Gasteiger partial charge in [0.05, 0.1) is 36.5 Å². The Labute approximate surface area is 202 Å². The number of aromatic nitrogens is 1. The molecule has 1 heterocycles. The third-order valence-corrected chi connectivity index (χ3v) is 5.19. The van der Waals surface area contributed by atoms with Crippen molar-refractivity contribution in [2.45, 2.75) is 25.7 Å². The lowest BCUT2D eigenvalue weighted by Gasteiger charge is -2.20. The predicted molar refractivity (Wildman–Crippen MR) is 124 cm³/mol. The Morgan fingerprint density at radius 2 is 1.97 bits per heavy atom. The quantitative estimate of drug-likeness (QED) is 0.519. The Morgan fingerprint density at radius 1 is 1.24 bits per heavy atom. The normalized spacial score (nSPS) is 14.5. The largest absolute Gasteiger partial charge is 0.495 e. The number of halogens is 1. The van der Waals surface area contributed by atoms with E-state index in [0.29, 0.717) is 10.1 Å². The van der Waals surface area contributed by atoms with Crippen molar-refractivity contribution in [3.05, 3.63) is 86.8 Å². The number of rotatable bonds is 8. The summed E-state index contributed by atoms with van der Waals surface area (Å²) in [6.45, 7) is -3.30. The van der Waals surface area contributed by atoms with Crippen LogP contribution in [0, 0.1) is 11.3 Å². The third kappa shape index (κ3) is 5.13. The van der Waals surface area contributed by atoms with Gasteiger partial charge in [-0.25, -0.2) is 4.79 Å². The second kappa shape index (κ2) is 10.2. The smallest absolute Gasteiger partial charge is 0.335 e.